The number of sulfone groups is 1. The molecule has 0 radical (unpaired) electrons. The Kier molecular flexibility index (Phi) is 3.98. The Bertz CT molecular complexity index is 688. The van der Waals surface area contributed by atoms with Crippen LogP contribution in [0.5, 0.6) is 0 Å². The molecule has 0 N–H and O–H groups in total. The van der Waals surface area contributed by atoms with Gasteiger partial charge < -0.3 is 4.74 Å². The Morgan fingerprint density at radius 2 is 1.80 bits per heavy atom. The first-order valence-electron chi connectivity index (χ1n) is 6.13. The van der Waals surface area contributed by atoms with Crippen molar-refractivity contribution in [3.63, 3.8) is 0 Å². The van der Waals surface area contributed by atoms with Crippen LogP contribution in [0.3, 0.4) is 0 Å². The van der Waals surface area contributed by atoms with Gasteiger partial charge in [0.2, 0.25) is 5.78 Å². The van der Waals surface area contributed by atoms with Gasteiger partial charge in [-0.05, 0) is 60.2 Å². The van der Waals surface area contributed by atoms with Crippen molar-refractivity contribution >= 4 is 44.0 Å². The van der Waals surface area contributed by atoms with E-state index in [9.17, 15) is 13.2 Å². The van der Waals surface area contributed by atoms with Crippen molar-refractivity contribution in [1.82, 2.24) is 0 Å². The van der Waals surface area contributed by atoms with Crippen LogP contribution < -0.4 is 0 Å². The number of ether oxygens (including phenoxy) is 1. The van der Waals surface area contributed by atoms with E-state index in [1.54, 1.807) is 19.1 Å². The molecule has 0 saturated heterocycles. The molecule has 1 aliphatic heterocycles. The molecular formula is C14H15IO4S. The van der Waals surface area contributed by atoms with Gasteiger partial charge in [0.15, 0.2) is 15.4 Å². The summed E-state index contributed by atoms with van der Waals surface area (Å²) in [5, 5.41) is 0. The zero-order valence-corrected chi connectivity index (χ0v) is 14.4. The fraction of sp³-hybridized carbons (Fsp3) is 0.357. The molecule has 0 spiro atoms. The van der Waals surface area contributed by atoms with Crippen LogP contribution in [0, 0.1) is 0 Å². The molecule has 1 unspecified atom stereocenters. The van der Waals surface area contributed by atoms with Gasteiger partial charge in [0, 0.05) is 11.8 Å². The Morgan fingerprint density at radius 1 is 1.25 bits per heavy atom. The number of hydrogen-bond acceptors (Lipinski definition) is 4. The van der Waals surface area contributed by atoms with Gasteiger partial charge in [-0.1, -0.05) is 6.92 Å². The van der Waals surface area contributed by atoms with Crippen molar-refractivity contribution in [3.8, 4) is 0 Å². The Hall–Kier alpha value is -0.890. The van der Waals surface area contributed by atoms with Crippen LogP contribution in [0.4, 0.5) is 0 Å². The van der Waals surface area contributed by atoms with Gasteiger partial charge in [-0.3, -0.25) is 4.79 Å². The van der Waals surface area contributed by atoms with Gasteiger partial charge in [0.25, 0.3) is 0 Å². The second-order valence-electron chi connectivity index (χ2n) is 4.96. The maximum atomic E-state index is 12.2. The highest BCUT2D eigenvalue weighted by atomic mass is 127. The minimum Gasteiger partial charge on any atom is -0.478 e. The zero-order valence-electron chi connectivity index (χ0n) is 11.4. The maximum Gasteiger partial charge on any atom is 0.215 e. The van der Waals surface area contributed by atoms with Gasteiger partial charge in [-0.15, -0.1) is 0 Å². The molecule has 1 aliphatic rings. The van der Waals surface area contributed by atoms with Crippen LogP contribution >= 0.6 is 22.6 Å². The van der Waals surface area contributed by atoms with Crippen molar-refractivity contribution in [2.75, 3.05) is 6.26 Å². The number of benzene rings is 1. The molecule has 0 saturated carbocycles. The number of ketones is 1. The van der Waals surface area contributed by atoms with Crippen LogP contribution in [0.2, 0.25) is 0 Å². The van der Waals surface area contributed by atoms with Crippen LogP contribution in [0.25, 0.3) is 5.76 Å². The monoisotopic (exact) mass is 406 g/mol. The summed E-state index contributed by atoms with van der Waals surface area (Å²) in [4.78, 5) is 12.4. The Morgan fingerprint density at radius 3 is 2.20 bits per heavy atom. The predicted molar refractivity (Wildman–Crippen MR) is 85.3 cm³/mol. The molecule has 1 atom stereocenters. The summed E-state index contributed by atoms with van der Waals surface area (Å²) in [6.07, 6.45) is 1.75. The maximum absolute atomic E-state index is 12.2. The number of Topliss-reactive ketones (excluding diaryl/α,β-unsaturated/α-hetero) is 1. The molecule has 1 aromatic rings. The molecule has 1 heterocycles. The zero-order chi connectivity index (χ0) is 15.1. The average Bonchev–Trinajstić information content (AvgIpc) is 2.63. The molecule has 108 valence electrons. The number of hydrogen-bond donors (Lipinski definition) is 0. The highest BCUT2D eigenvalue weighted by Gasteiger charge is 2.43. The van der Waals surface area contributed by atoms with E-state index in [-0.39, 0.29) is 10.7 Å². The predicted octanol–water partition coefficient (Wildman–Crippen LogP) is 2.96. The van der Waals surface area contributed by atoms with Gasteiger partial charge in [0.05, 0.1) is 4.90 Å². The summed E-state index contributed by atoms with van der Waals surface area (Å²) >= 11 is 1.98. The van der Waals surface area contributed by atoms with Gasteiger partial charge in [-0.2, -0.15) is 0 Å². The number of rotatable bonds is 3. The van der Waals surface area contributed by atoms with E-state index in [2.05, 4.69) is 0 Å². The quantitative estimate of drug-likeness (QED) is 0.725. The largest absolute Gasteiger partial charge is 0.478 e. The van der Waals surface area contributed by atoms with Crippen molar-refractivity contribution in [2.24, 2.45) is 0 Å². The highest BCUT2D eigenvalue weighted by molar-refractivity contribution is 14.1. The van der Waals surface area contributed by atoms with Crippen molar-refractivity contribution < 1.29 is 17.9 Å². The number of carbonyl (C=O) groups is 1. The minimum atomic E-state index is -3.22. The lowest BCUT2D eigenvalue weighted by molar-refractivity contribution is -0.127. The summed E-state index contributed by atoms with van der Waals surface area (Å²) in [5.41, 5.74) is -0.103. The first kappa shape index (κ1) is 15.5. The van der Waals surface area contributed by atoms with Gasteiger partial charge in [0.1, 0.15) is 9.34 Å². The third kappa shape index (κ3) is 2.63. The topological polar surface area (TPSA) is 60.4 Å². The van der Waals surface area contributed by atoms with E-state index < -0.39 is 15.4 Å². The van der Waals surface area contributed by atoms with Crippen LogP contribution in [0.15, 0.2) is 32.7 Å². The highest BCUT2D eigenvalue weighted by Crippen LogP contribution is 2.41. The molecule has 0 amide bonds. The molecule has 0 aromatic heterocycles. The molecule has 0 fully saturated rings. The lowest BCUT2D eigenvalue weighted by atomic mass is 9.99. The van der Waals surface area contributed by atoms with E-state index in [4.69, 9.17) is 4.74 Å². The van der Waals surface area contributed by atoms with Crippen molar-refractivity contribution in [3.05, 3.63) is 33.4 Å². The smallest absolute Gasteiger partial charge is 0.215 e. The molecule has 6 heteroatoms. The fourth-order valence-electron chi connectivity index (χ4n) is 1.92. The summed E-state index contributed by atoms with van der Waals surface area (Å²) in [6, 6.07) is 6.38. The lowest BCUT2D eigenvalue weighted by Gasteiger charge is -2.21. The summed E-state index contributed by atoms with van der Waals surface area (Å²) in [7, 11) is -3.22. The molecule has 0 bridgehead atoms. The first-order chi connectivity index (χ1) is 9.19. The molecule has 2 rings (SSSR count). The standard InChI is InChI=1S/C14H15IO4S/c1-4-14(2)13(16)11(15)12(19-14)9-5-7-10(8-6-9)20(3,17)18/h5-8H,4H2,1-3H3. The average molecular weight is 406 g/mol. The normalized spacial score (nSPS) is 23.1. The van der Waals surface area contributed by atoms with E-state index in [1.807, 2.05) is 29.5 Å². The molecule has 20 heavy (non-hydrogen) atoms. The van der Waals surface area contributed by atoms with Gasteiger partial charge >= 0.3 is 0 Å². The van der Waals surface area contributed by atoms with Gasteiger partial charge in [-0.25, -0.2) is 8.42 Å². The number of halogens is 1. The van der Waals surface area contributed by atoms with Crippen LogP contribution in [-0.2, 0) is 19.4 Å². The molecular weight excluding hydrogens is 391 g/mol. The summed E-state index contributed by atoms with van der Waals surface area (Å²) in [6.45, 7) is 3.67. The SMILES string of the molecule is CCC1(C)OC(c2ccc(S(C)(=O)=O)cc2)=C(I)C1=O. The summed E-state index contributed by atoms with van der Waals surface area (Å²) in [5.74, 6) is 0.503. The molecule has 1 aromatic carbocycles. The summed E-state index contributed by atoms with van der Waals surface area (Å²) < 4.78 is 29.2. The first-order valence-corrected chi connectivity index (χ1v) is 9.10. The Labute approximate surface area is 132 Å². The second-order valence-corrected chi connectivity index (χ2v) is 8.05. The Balaban J connectivity index is 2.41. The van der Waals surface area contributed by atoms with Crippen LogP contribution in [-0.4, -0.2) is 26.1 Å². The van der Waals surface area contributed by atoms with Crippen molar-refractivity contribution in [2.45, 2.75) is 30.8 Å². The van der Waals surface area contributed by atoms with E-state index in [0.717, 1.165) is 6.26 Å². The third-order valence-corrected chi connectivity index (χ3v) is 5.53. The lowest BCUT2D eigenvalue weighted by Crippen LogP contribution is -2.32. The fourth-order valence-corrected chi connectivity index (χ4v) is 3.55. The van der Waals surface area contributed by atoms with Crippen molar-refractivity contribution in [1.29, 1.82) is 0 Å². The molecule has 0 aliphatic carbocycles. The minimum absolute atomic E-state index is 0.0252. The molecule has 4 nitrogen and oxygen atoms in total. The van der Waals surface area contributed by atoms with E-state index in [0.29, 0.717) is 21.3 Å². The van der Waals surface area contributed by atoms with E-state index in [1.165, 1.54) is 12.1 Å². The van der Waals surface area contributed by atoms with E-state index >= 15 is 0 Å². The second kappa shape index (κ2) is 5.14. The van der Waals surface area contributed by atoms with Crippen LogP contribution in [0.1, 0.15) is 25.8 Å². The number of carbonyl (C=O) groups excluding carboxylic acids is 1. The third-order valence-electron chi connectivity index (χ3n) is 3.43.